The SMILES string of the molecule is Cc1cc(C)c2c(c1C)O[C@](C)(C[NH+]1CCC(c3ccccc3)CC1)C2.[Cl-]. The van der Waals surface area contributed by atoms with Crippen molar-refractivity contribution in [3.05, 3.63) is 64.2 Å². The van der Waals surface area contributed by atoms with Gasteiger partial charge in [-0.15, -0.1) is 0 Å². The van der Waals surface area contributed by atoms with Gasteiger partial charge < -0.3 is 22.0 Å². The molecular formula is C24H32ClNO. The molecule has 0 amide bonds. The van der Waals surface area contributed by atoms with Crippen LogP contribution in [0, 0.1) is 20.8 Å². The van der Waals surface area contributed by atoms with Crippen LogP contribution in [0.4, 0.5) is 0 Å². The van der Waals surface area contributed by atoms with Gasteiger partial charge in [-0.1, -0.05) is 36.4 Å². The van der Waals surface area contributed by atoms with Gasteiger partial charge in [0.15, 0.2) is 5.60 Å². The summed E-state index contributed by atoms with van der Waals surface area (Å²) in [7, 11) is 0. The molecule has 1 fully saturated rings. The Kier molecular flexibility index (Phi) is 5.88. The molecule has 27 heavy (non-hydrogen) atoms. The number of hydrogen-bond donors (Lipinski definition) is 1. The first-order chi connectivity index (χ1) is 12.5. The van der Waals surface area contributed by atoms with Crippen molar-refractivity contribution in [1.29, 1.82) is 0 Å². The molecule has 1 atom stereocenters. The Labute approximate surface area is 170 Å². The molecule has 2 aromatic rings. The summed E-state index contributed by atoms with van der Waals surface area (Å²) in [6.07, 6.45) is 3.64. The molecule has 2 aliphatic heterocycles. The van der Waals surface area contributed by atoms with Crippen molar-refractivity contribution in [3.63, 3.8) is 0 Å². The van der Waals surface area contributed by atoms with Crippen LogP contribution in [0.1, 0.15) is 53.5 Å². The number of fused-ring (bicyclic) bond motifs is 1. The molecule has 1 saturated heterocycles. The summed E-state index contributed by atoms with van der Waals surface area (Å²) in [6, 6.07) is 13.4. The van der Waals surface area contributed by atoms with Crippen LogP contribution in [0.5, 0.6) is 5.75 Å². The Balaban J connectivity index is 0.00000210. The predicted molar refractivity (Wildman–Crippen MR) is 107 cm³/mol. The third kappa shape index (κ3) is 4.02. The standard InChI is InChI=1S/C24H31NO.ClH/c1-17-14-18(2)22-15-24(4,26-23(22)19(17)3)16-25-12-10-21(11-13-25)20-8-6-5-7-9-20;/h5-9,14,21H,10-13,15-16H2,1-4H3;1H/t24-;/m0./s1. The van der Waals surface area contributed by atoms with Gasteiger partial charge in [-0.2, -0.15) is 0 Å². The first kappa shape index (κ1) is 20.2. The Bertz CT molecular complexity index is 796. The number of benzene rings is 2. The minimum Gasteiger partial charge on any atom is -1.00 e. The van der Waals surface area contributed by atoms with Gasteiger partial charge in [0.25, 0.3) is 0 Å². The molecule has 146 valence electrons. The van der Waals surface area contributed by atoms with E-state index < -0.39 is 0 Å². The maximum atomic E-state index is 6.58. The van der Waals surface area contributed by atoms with Crippen LogP contribution in [0.15, 0.2) is 36.4 Å². The van der Waals surface area contributed by atoms with E-state index in [4.69, 9.17) is 4.74 Å². The van der Waals surface area contributed by atoms with Gasteiger partial charge in [-0.3, -0.25) is 0 Å². The Hall–Kier alpha value is -1.51. The van der Waals surface area contributed by atoms with Crippen LogP contribution in [0.2, 0.25) is 0 Å². The van der Waals surface area contributed by atoms with E-state index in [0.717, 1.165) is 18.9 Å². The van der Waals surface area contributed by atoms with Crippen LogP contribution < -0.4 is 22.0 Å². The maximum absolute atomic E-state index is 6.58. The number of halogens is 1. The fourth-order valence-corrected chi connectivity index (χ4v) is 5.01. The average molecular weight is 386 g/mol. The number of quaternary nitrogens is 1. The van der Waals surface area contributed by atoms with Gasteiger partial charge in [0, 0.05) is 24.8 Å². The predicted octanol–water partition coefficient (Wildman–Crippen LogP) is 0.772. The topological polar surface area (TPSA) is 13.7 Å². The highest BCUT2D eigenvalue weighted by atomic mass is 35.5. The van der Waals surface area contributed by atoms with Crippen LogP contribution in [0.25, 0.3) is 0 Å². The van der Waals surface area contributed by atoms with Crippen molar-refractivity contribution in [3.8, 4) is 5.75 Å². The summed E-state index contributed by atoms with van der Waals surface area (Å²) in [4.78, 5) is 1.71. The quantitative estimate of drug-likeness (QED) is 0.824. The van der Waals surface area contributed by atoms with Gasteiger partial charge in [0.05, 0.1) is 13.1 Å². The number of hydrogen-bond acceptors (Lipinski definition) is 1. The summed E-state index contributed by atoms with van der Waals surface area (Å²) in [6.45, 7) is 12.6. The molecule has 1 N–H and O–H groups in total. The first-order valence-electron chi connectivity index (χ1n) is 10.1. The summed E-state index contributed by atoms with van der Waals surface area (Å²) >= 11 is 0. The molecular weight excluding hydrogens is 354 g/mol. The van der Waals surface area contributed by atoms with Crippen molar-refractivity contribution in [2.45, 2.75) is 58.5 Å². The molecule has 0 bridgehead atoms. The minimum atomic E-state index is -0.0550. The number of piperidine rings is 1. The van der Waals surface area contributed by atoms with Crippen LogP contribution in [0.3, 0.4) is 0 Å². The highest BCUT2D eigenvalue weighted by Crippen LogP contribution is 2.40. The van der Waals surface area contributed by atoms with E-state index in [-0.39, 0.29) is 18.0 Å². The molecule has 3 heteroatoms. The second kappa shape index (κ2) is 7.85. The van der Waals surface area contributed by atoms with E-state index in [0.29, 0.717) is 0 Å². The van der Waals surface area contributed by atoms with E-state index in [9.17, 15) is 0 Å². The normalized spacial score (nSPS) is 26.8. The number of likely N-dealkylation sites (tertiary alicyclic amines) is 1. The van der Waals surface area contributed by atoms with E-state index in [1.807, 2.05) is 0 Å². The molecule has 0 saturated carbocycles. The Morgan fingerprint density at radius 3 is 2.37 bits per heavy atom. The second-order valence-electron chi connectivity index (χ2n) is 8.78. The number of nitrogens with one attached hydrogen (secondary N) is 1. The third-order valence-electron chi connectivity index (χ3n) is 6.60. The molecule has 0 spiro atoms. The second-order valence-corrected chi connectivity index (χ2v) is 8.78. The summed E-state index contributed by atoms with van der Waals surface area (Å²) in [5, 5.41) is 0. The summed E-state index contributed by atoms with van der Waals surface area (Å²) in [5.74, 6) is 1.91. The molecule has 2 aliphatic rings. The molecule has 0 unspecified atom stereocenters. The Morgan fingerprint density at radius 2 is 1.70 bits per heavy atom. The molecule has 2 heterocycles. The summed E-state index contributed by atoms with van der Waals surface area (Å²) in [5.41, 5.74) is 6.97. The lowest BCUT2D eigenvalue weighted by Crippen LogP contribution is -3.15. The number of aryl methyl sites for hydroxylation is 2. The lowest BCUT2D eigenvalue weighted by Gasteiger charge is -2.34. The third-order valence-corrected chi connectivity index (χ3v) is 6.60. The smallest absolute Gasteiger partial charge is 0.159 e. The highest BCUT2D eigenvalue weighted by Gasteiger charge is 2.41. The molecule has 2 aromatic carbocycles. The van der Waals surface area contributed by atoms with Crippen molar-refractivity contribution >= 4 is 0 Å². The molecule has 0 radical (unpaired) electrons. The largest absolute Gasteiger partial charge is 1.00 e. The minimum absolute atomic E-state index is 0. The van der Waals surface area contributed by atoms with E-state index >= 15 is 0 Å². The molecule has 4 rings (SSSR count). The first-order valence-corrected chi connectivity index (χ1v) is 10.1. The molecule has 2 nitrogen and oxygen atoms in total. The van der Waals surface area contributed by atoms with Crippen molar-refractivity contribution in [1.82, 2.24) is 0 Å². The zero-order valence-corrected chi connectivity index (χ0v) is 17.8. The number of ether oxygens (including phenoxy) is 1. The van der Waals surface area contributed by atoms with Gasteiger partial charge >= 0.3 is 0 Å². The summed E-state index contributed by atoms with van der Waals surface area (Å²) < 4.78 is 6.58. The monoisotopic (exact) mass is 385 g/mol. The van der Waals surface area contributed by atoms with Gasteiger partial charge in [0.2, 0.25) is 0 Å². The zero-order chi connectivity index (χ0) is 18.3. The fraction of sp³-hybridized carbons (Fsp3) is 0.500. The Morgan fingerprint density at radius 1 is 1.04 bits per heavy atom. The van der Waals surface area contributed by atoms with E-state index in [1.165, 1.54) is 59.5 Å². The zero-order valence-electron chi connectivity index (χ0n) is 17.1. The van der Waals surface area contributed by atoms with Crippen molar-refractivity contribution in [2.24, 2.45) is 0 Å². The van der Waals surface area contributed by atoms with Crippen LogP contribution >= 0.6 is 0 Å². The van der Waals surface area contributed by atoms with Crippen LogP contribution in [-0.4, -0.2) is 25.2 Å². The van der Waals surface area contributed by atoms with Crippen LogP contribution in [-0.2, 0) is 6.42 Å². The van der Waals surface area contributed by atoms with E-state index in [2.05, 4.69) is 64.1 Å². The molecule has 0 aliphatic carbocycles. The van der Waals surface area contributed by atoms with Crippen molar-refractivity contribution in [2.75, 3.05) is 19.6 Å². The lowest BCUT2D eigenvalue weighted by atomic mass is 9.88. The van der Waals surface area contributed by atoms with Gasteiger partial charge in [-0.25, -0.2) is 0 Å². The van der Waals surface area contributed by atoms with Crippen molar-refractivity contribution < 1.29 is 22.0 Å². The van der Waals surface area contributed by atoms with Gasteiger partial charge in [-0.05, 0) is 55.9 Å². The molecule has 0 aromatic heterocycles. The highest BCUT2D eigenvalue weighted by molar-refractivity contribution is 5.52. The fourth-order valence-electron chi connectivity index (χ4n) is 5.01. The number of rotatable bonds is 3. The average Bonchev–Trinajstić information content (AvgIpc) is 2.99. The lowest BCUT2D eigenvalue weighted by molar-refractivity contribution is -0.910. The van der Waals surface area contributed by atoms with Gasteiger partial charge in [0.1, 0.15) is 12.3 Å². The van der Waals surface area contributed by atoms with E-state index in [1.54, 1.807) is 4.90 Å². The maximum Gasteiger partial charge on any atom is 0.159 e.